The molecule has 1 atom stereocenters. The number of benzene rings is 3. The minimum Gasteiger partial charge on any atom is -0.357 e. The first-order chi connectivity index (χ1) is 17.6. The lowest BCUT2D eigenvalue weighted by Gasteiger charge is -2.29. The third-order valence-corrected chi connectivity index (χ3v) is 7.28. The molecule has 0 unspecified atom stereocenters. The topological polar surface area (TPSA) is 79.7 Å². The number of aromatic amines is 1. The van der Waals surface area contributed by atoms with Crippen LogP contribution < -0.4 is 10.5 Å². The zero-order chi connectivity index (χ0) is 24.6. The van der Waals surface area contributed by atoms with Crippen LogP contribution in [-0.2, 0) is 19.4 Å². The Bertz CT molecular complexity index is 1600. The van der Waals surface area contributed by atoms with E-state index < -0.39 is 6.04 Å². The van der Waals surface area contributed by atoms with E-state index in [0.717, 1.165) is 41.5 Å². The standard InChI is InChI=1S/C29H28N6O/c1-19-16-23-18-24(29(36)30-25(23)17-20(19)2)27(34-14-13-22-10-6-7-11-26(22)34)28-31-32-33-35(28)15-12-21-8-4-3-5-9-21/h3-11,16-18,27H,12-15H2,1-2H3,(H,30,36)/t27-/m0/s1. The van der Waals surface area contributed by atoms with E-state index in [1.165, 1.54) is 16.7 Å². The molecule has 0 bridgehead atoms. The lowest BCUT2D eigenvalue weighted by atomic mass is 10.0. The Labute approximate surface area is 209 Å². The molecule has 1 N–H and O–H groups in total. The average molecular weight is 477 g/mol. The highest BCUT2D eigenvalue weighted by Gasteiger charge is 2.34. The first kappa shape index (κ1) is 22.2. The molecule has 0 radical (unpaired) electrons. The summed E-state index contributed by atoms with van der Waals surface area (Å²) in [5.41, 5.74) is 7.34. The fourth-order valence-electron chi connectivity index (χ4n) is 5.22. The number of H-pyrrole nitrogens is 1. The average Bonchev–Trinajstić information content (AvgIpc) is 3.53. The summed E-state index contributed by atoms with van der Waals surface area (Å²) >= 11 is 0. The normalized spacial score (nSPS) is 13.8. The molecule has 36 heavy (non-hydrogen) atoms. The van der Waals surface area contributed by atoms with Gasteiger partial charge in [-0.3, -0.25) is 4.79 Å². The van der Waals surface area contributed by atoms with E-state index in [4.69, 9.17) is 0 Å². The summed E-state index contributed by atoms with van der Waals surface area (Å²) in [6.07, 6.45) is 1.72. The minimum absolute atomic E-state index is 0.113. The number of para-hydroxylation sites is 1. The van der Waals surface area contributed by atoms with Gasteiger partial charge < -0.3 is 9.88 Å². The van der Waals surface area contributed by atoms with Crippen molar-refractivity contribution in [3.05, 3.63) is 117 Å². The van der Waals surface area contributed by atoms with Crippen LogP contribution in [0.25, 0.3) is 10.9 Å². The van der Waals surface area contributed by atoms with E-state index >= 15 is 0 Å². The number of pyridine rings is 1. The molecule has 7 heteroatoms. The Morgan fingerprint density at radius 2 is 1.75 bits per heavy atom. The van der Waals surface area contributed by atoms with Gasteiger partial charge in [-0.25, -0.2) is 4.68 Å². The molecule has 0 spiro atoms. The summed E-state index contributed by atoms with van der Waals surface area (Å²) in [6.45, 7) is 5.58. The summed E-state index contributed by atoms with van der Waals surface area (Å²) in [7, 11) is 0. The van der Waals surface area contributed by atoms with Crippen LogP contribution in [0.2, 0.25) is 0 Å². The van der Waals surface area contributed by atoms with Crippen molar-refractivity contribution in [1.82, 2.24) is 25.2 Å². The van der Waals surface area contributed by atoms with Gasteiger partial charge in [-0.05, 0) is 89.0 Å². The van der Waals surface area contributed by atoms with Crippen molar-refractivity contribution < 1.29 is 0 Å². The highest BCUT2D eigenvalue weighted by atomic mass is 16.1. The second-order valence-electron chi connectivity index (χ2n) is 9.55. The molecular weight excluding hydrogens is 448 g/mol. The van der Waals surface area contributed by atoms with E-state index in [0.29, 0.717) is 17.9 Å². The van der Waals surface area contributed by atoms with Crippen molar-refractivity contribution in [3.8, 4) is 0 Å². The van der Waals surface area contributed by atoms with Gasteiger partial charge in [-0.15, -0.1) is 5.10 Å². The van der Waals surface area contributed by atoms with Gasteiger partial charge in [0.2, 0.25) is 0 Å². The second kappa shape index (κ2) is 9.07. The first-order valence-electron chi connectivity index (χ1n) is 12.4. The molecule has 0 aliphatic carbocycles. The molecule has 3 aromatic carbocycles. The lowest BCUT2D eigenvalue weighted by Crippen LogP contribution is -2.34. The molecule has 3 heterocycles. The summed E-state index contributed by atoms with van der Waals surface area (Å²) in [5.74, 6) is 0.677. The van der Waals surface area contributed by atoms with Crippen molar-refractivity contribution in [2.75, 3.05) is 11.4 Å². The maximum Gasteiger partial charge on any atom is 0.254 e. The quantitative estimate of drug-likeness (QED) is 0.390. The van der Waals surface area contributed by atoms with Crippen molar-refractivity contribution in [1.29, 1.82) is 0 Å². The predicted octanol–water partition coefficient (Wildman–Crippen LogP) is 4.53. The fraction of sp³-hybridized carbons (Fsp3) is 0.241. The highest BCUT2D eigenvalue weighted by Crippen LogP contribution is 2.37. The monoisotopic (exact) mass is 476 g/mol. The number of nitrogens with zero attached hydrogens (tertiary/aromatic N) is 5. The summed E-state index contributed by atoms with van der Waals surface area (Å²) in [6, 6.07) is 24.5. The molecule has 0 saturated carbocycles. The maximum atomic E-state index is 13.6. The van der Waals surface area contributed by atoms with Gasteiger partial charge in [-0.1, -0.05) is 48.5 Å². The smallest absolute Gasteiger partial charge is 0.254 e. The van der Waals surface area contributed by atoms with E-state index in [9.17, 15) is 4.79 Å². The number of aryl methyl sites for hydroxylation is 4. The maximum absolute atomic E-state index is 13.6. The Morgan fingerprint density at radius 1 is 0.972 bits per heavy atom. The van der Waals surface area contributed by atoms with Crippen LogP contribution in [0.15, 0.2) is 77.6 Å². The van der Waals surface area contributed by atoms with Gasteiger partial charge in [0, 0.05) is 29.9 Å². The Kier molecular flexibility index (Phi) is 5.60. The van der Waals surface area contributed by atoms with Crippen LogP contribution in [0.5, 0.6) is 0 Å². The number of tetrazole rings is 1. The molecule has 0 saturated heterocycles. The zero-order valence-electron chi connectivity index (χ0n) is 20.5. The van der Waals surface area contributed by atoms with Crippen LogP contribution in [0.3, 0.4) is 0 Å². The Hall–Kier alpha value is -4.26. The molecule has 7 nitrogen and oxygen atoms in total. The number of aromatic nitrogens is 5. The number of anilines is 1. The van der Waals surface area contributed by atoms with Crippen molar-refractivity contribution in [3.63, 3.8) is 0 Å². The van der Waals surface area contributed by atoms with E-state index in [1.54, 1.807) is 0 Å². The number of fused-ring (bicyclic) bond motifs is 2. The van der Waals surface area contributed by atoms with Gasteiger partial charge in [0.05, 0.1) is 0 Å². The van der Waals surface area contributed by atoms with E-state index in [1.807, 2.05) is 41.1 Å². The fourth-order valence-corrected chi connectivity index (χ4v) is 5.22. The molecule has 1 aliphatic heterocycles. The molecule has 1 aliphatic rings. The van der Waals surface area contributed by atoms with Gasteiger partial charge in [-0.2, -0.15) is 0 Å². The van der Waals surface area contributed by atoms with Crippen molar-refractivity contribution in [2.24, 2.45) is 0 Å². The van der Waals surface area contributed by atoms with E-state index in [-0.39, 0.29) is 5.56 Å². The van der Waals surface area contributed by atoms with Gasteiger partial charge in [0.15, 0.2) is 5.82 Å². The van der Waals surface area contributed by atoms with Crippen molar-refractivity contribution in [2.45, 2.75) is 39.3 Å². The number of rotatable bonds is 6. The predicted molar refractivity (Wildman–Crippen MR) is 141 cm³/mol. The summed E-state index contributed by atoms with van der Waals surface area (Å²) in [5, 5.41) is 13.9. The number of hydrogen-bond acceptors (Lipinski definition) is 5. The third kappa shape index (κ3) is 3.96. The van der Waals surface area contributed by atoms with Crippen LogP contribution in [-0.4, -0.2) is 31.7 Å². The van der Waals surface area contributed by atoms with E-state index in [2.05, 4.69) is 75.7 Å². The number of hydrogen-bond donors (Lipinski definition) is 1. The first-order valence-corrected chi connectivity index (χ1v) is 12.4. The molecule has 0 fully saturated rings. The SMILES string of the molecule is Cc1cc2cc([C@@H](c3nnnn3CCc3ccccc3)N3CCc4ccccc43)c(=O)[nH]c2cc1C. The third-order valence-electron chi connectivity index (χ3n) is 7.28. The minimum atomic E-state index is -0.408. The summed E-state index contributed by atoms with van der Waals surface area (Å²) in [4.78, 5) is 19.0. The van der Waals surface area contributed by atoms with Crippen LogP contribution in [0.1, 0.15) is 39.7 Å². The molecule has 180 valence electrons. The zero-order valence-corrected chi connectivity index (χ0v) is 20.5. The van der Waals surface area contributed by atoms with Crippen LogP contribution >= 0.6 is 0 Å². The largest absolute Gasteiger partial charge is 0.357 e. The second-order valence-corrected chi connectivity index (χ2v) is 9.55. The highest BCUT2D eigenvalue weighted by molar-refractivity contribution is 5.81. The molecular formula is C29H28N6O. The molecule has 2 aromatic heterocycles. The van der Waals surface area contributed by atoms with Crippen LogP contribution in [0.4, 0.5) is 5.69 Å². The Balaban J connectivity index is 1.48. The van der Waals surface area contributed by atoms with Crippen LogP contribution in [0, 0.1) is 13.8 Å². The molecule has 6 rings (SSSR count). The lowest BCUT2D eigenvalue weighted by molar-refractivity contribution is 0.538. The summed E-state index contributed by atoms with van der Waals surface area (Å²) < 4.78 is 1.85. The van der Waals surface area contributed by atoms with Gasteiger partial charge in [0.1, 0.15) is 6.04 Å². The molecule has 5 aromatic rings. The number of nitrogens with one attached hydrogen (secondary N) is 1. The van der Waals surface area contributed by atoms with Crippen molar-refractivity contribution >= 4 is 16.6 Å². The molecule has 0 amide bonds. The Morgan fingerprint density at radius 3 is 2.61 bits per heavy atom. The van der Waals surface area contributed by atoms with Gasteiger partial charge in [0.25, 0.3) is 5.56 Å². The van der Waals surface area contributed by atoms with Gasteiger partial charge >= 0.3 is 0 Å².